The van der Waals surface area contributed by atoms with Gasteiger partial charge in [0, 0.05) is 6.20 Å². The predicted molar refractivity (Wildman–Crippen MR) is 46.2 cm³/mol. The van der Waals surface area contributed by atoms with Crippen molar-refractivity contribution in [1.29, 1.82) is 0 Å². The van der Waals surface area contributed by atoms with Crippen LogP contribution in [0.3, 0.4) is 0 Å². The zero-order valence-corrected chi connectivity index (χ0v) is 7.52. The van der Waals surface area contributed by atoms with Crippen LogP contribution in [-0.2, 0) is 4.74 Å². The molecular formula is C9H11NO3. The number of carbonyl (C=O) groups is 1. The smallest absolute Gasteiger partial charge is 0.356 e. The number of pyridine rings is 1. The second kappa shape index (κ2) is 4.00. The van der Waals surface area contributed by atoms with Gasteiger partial charge in [-0.1, -0.05) is 0 Å². The van der Waals surface area contributed by atoms with E-state index in [0.29, 0.717) is 5.56 Å². The Labute approximate surface area is 76.2 Å². The van der Waals surface area contributed by atoms with E-state index in [0.717, 1.165) is 0 Å². The van der Waals surface area contributed by atoms with Crippen LogP contribution in [0.2, 0.25) is 0 Å². The maximum absolute atomic E-state index is 11.0. The fourth-order valence-corrected chi connectivity index (χ4v) is 0.923. The zero-order valence-electron chi connectivity index (χ0n) is 7.52. The van der Waals surface area contributed by atoms with E-state index in [1.807, 2.05) is 0 Å². The van der Waals surface area contributed by atoms with E-state index < -0.39 is 12.1 Å². The molecule has 70 valence electrons. The van der Waals surface area contributed by atoms with Crippen LogP contribution in [0.1, 0.15) is 29.1 Å². The lowest BCUT2D eigenvalue weighted by atomic mass is 10.1. The summed E-state index contributed by atoms with van der Waals surface area (Å²) >= 11 is 0. The summed E-state index contributed by atoms with van der Waals surface area (Å²) < 4.78 is 4.49. The van der Waals surface area contributed by atoms with Gasteiger partial charge < -0.3 is 9.84 Å². The molecule has 4 heteroatoms. The third kappa shape index (κ3) is 2.26. The molecule has 1 heterocycles. The largest absolute Gasteiger partial charge is 0.464 e. The van der Waals surface area contributed by atoms with Gasteiger partial charge in [-0.15, -0.1) is 0 Å². The average Bonchev–Trinajstić information content (AvgIpc) is 2.17. The first-order valence-corrected chi connectivity index (χ1v) is 3.87. The molecule has 0 spiro atoms. The molecule has 0 aliphatic heterocycles. The Morgan fingerprint density at radius 2 is 2.38 bits per heavy atom. The summed E-state index contributed by atoms with van der Waals surface area (Å²) in [4.78, 5) is 14.8. The molecule has 1 rings (SSSR count). The van der Waals surface area contributed by atoms with Gasteiger partial charge in [-0.25, -0.2) is 9.78 Å². The highest BCUT2D eigenvalue weighted by Gasteiger charge is 2.09. The number of aromatic nitrogens is 1. The molecule has 0 amide bonds. The van der Waals surface area contributed by atoms with Gasteiger partial charge in [0.05, 0.1) is 13.2 Å². The molecule has 0 fully saturated rings. The molecule has 1 aromatic rings. The molecule has 1 atom stereocenters. The van der Waals surface area contributed by atoms with Crippen molar-refractivity contribution in [1.82, 2.24) is 4.98 Å². The number of rotatable bonds is 2. The molecule has 0 bridgehead atoms. The van der Waals surface area contributed by atoms with Gasteiger partial charge in [0.15, 0.2) is 0 Å². The van der Waals surface area contributed by atoms with Crippen molar-refractivity contribution in [2.45, 2.75) is 13.0 Å². The third-order valence-electron chi connectivity index (χ3n) is 1.66. The number of hydrogen-bond acceptors (Lipinski definition) is 4. The first kappa shape index (κ1) is 9.67. The number of esters is 1. The second-order valence-electron chi connectivity index (χ2n) is 2.64. The van der Waals surface area contributed by atoms with Gasteiger partial charge in [-0.05, 0) is 24.6 Å². The lowest BCUT2D eigenvalue weighted by molar-refractivity contribution is 0.0593. The first-order valence-electron chi connectivity index (χ1n) is 3.87. The molecule has 1 unspecified atom stereocenters. The van der Waals surface area contributed by atoms with E-state index in [1.165, 1.54) is 19.4 Å². The minimum atomic E-state index is -0.605. The quantitative estimate of drug-likeness (QED) is 0.689. The summed E-state index contributed by atoms with van der Waals surface area (Å²) in [5.74, 6) is -0.498. The molecule has 1 N–H and O–H groups in total. The van der Waals surface area contributed by atoms with Crippen LogP contribution in [0.4, 0.5) is 0 Å². The Morgan fingerprint density at radius 1 is 1.69 bits per heavy atom. The van der Waals surface area contributed by atoms with Crippen molar-refractivity contribution in [3.63, 3.8) is 0 Å². The fraction of sp³-hybridized carbons (Fsp3) is 0.333. The molecule has 4 nitrogen and oxygen atoms in total. The van der Waals surface area contributed by atoms with E-state index in [2.05, 4.69) is 9.72 Å². The van der Waals surface area contributed by atoms with Gasteiger partial charge >= 0.3 is 5.97 Å². The SMILES string of the molecule is COC(=O)c1cc(C(C)O)ccn1. The third-order valence-corrected chi connectivity index (χ3v) is 1.66. The van der Waals surface area contributed by atoms with Crippen molar-refractivity contribution in [2.75, 3.05) is 7.11 Å². The van der Waals surface area contributed by atoms with Crippen molar-refractivity contribution < 1.29 is 14.6 Å². The number of hydrogen-bond donors (Lipinski definition) is 1. The summed E-state index contributed by atoms with van der Waals surface area (Å²) in [6, 6.07) is 3.16. The van der Waals surface area contributed by atoms with Crippen LogP contribution >= 0.6 is 0 Å². The molecule has 0 radical (unpaired) electrons. The minimum absolute atomic E-state index is 0.209. The van der Waals surface area contributed by atoms with Gasteiger partial charge in [0.25, 0.3) is 0 Å². The normalized spacial score (nSPS) is 12.2. The molecule has 1 aromatic heterocycles. The van der Waals surface area contributed by atoms with Gasteiger partial charge in [0.1, 0.15) is 5.69 Å². The number of aliphatic hydroxyl groups excluding tert-OH is 1. The van der Waals surface area contributed by atoms with Crippen molar-refractivity contribution in [3.8, 4) is 0 Å². The molecule has 13 heavy (non-hydrogen) atoms. The van der Waals surface area contributed by atoms with Crippen molar-refractivity contribution >= 4 is 5.97 Å². The maximum atomic E-state index is 11.0. The number of carbonyl (C=O) groups excluding carboxylic acids is 1. The summed E-state index contributed by atoms with van der Waals surface area (Å²) in [5.41, 5.74) is 0.858. The highest BCUT2D eigenvalue weighted by Crippen LogP contribution is 2.11. The van der Waals surface area contributed by atoms with Gasteiger partial charge in [0.2, 0.25) is 0 Å². The van der Waals surface area contributed by atoms with Crippen LogP contribution in [-0.4, -0.2) is 23.2 Å². The number of aliphatic hydroxyl groups is 1. The minimum Gasteiger partial charge on any atom is -0.464 e. The number of methoxy groups -OCH3 is 1. The average molecular weight is 181 g/mol. The van der Waals surface area contributed by atoms with E-state index in [4.69, 9.17) is 0 Å². The maximum Gasteiger partial charge on any atom is 0.356 e. The molecule has 0 aliphatic rings. The summed E-state index contributed by atoms with van der Waals surface area (Å²) in [6.45, 7) is 1.62. The lowest BCUT2D eigenvalue weighted by Gasteiger charge is -2.04. The Morgan fingerprint density at radius 3 is 2.92 bits per heavy atom. The summed E-state index contributed by atoms with van der Waals surface area (Å²) in [5, 5.41) is 9.22. The zero-order chi connectivity index (χ0) is 9.84. The highest BCUT2D eigenvalue weighted by molar-refractivity contribution is 5.87. The molecule has 0 aromatic carbocycles. The Hall–Kier alpha value is -1.42. The van der Waals surface area contributed by atoms with Crippen LogP contribution in [0.25, 0.3) is 0 Å². The highest BCUT2D eigenvalue weighted by atomic mass is 16.5. The standard InChI is InChI=1S/C9H11NO3/c1-6(11)7-3-4-10-8(5-7)9(12)13-2/h3-6,11H,1-2H3. The van der Waals surface area contributed by atoms with Crippen molar-refractivity contribution in [2.24, 2.45) is 0 Å². The van der Waals surface area contributed by atoms with Crippen LogP contribution in [0, 0.1) is 0 Å². The summed E-state index contributed by atoms with van der Waals surface area (Å²) in [6.07, 6.45) is 0.861. The Bertz CT molecular complexity index is 309. The molecule has 0 saturated carbocycles. The van der Waals surface area contributed by atoms with Crippen molar-refractivity contribution in [3.05, 3.63) is 29.6 Å². The van der Waals surface area contributed by atoms with Gasteiger partial charge in [-0.3, -0.25) is 0 Å². The Kier molecular flexibility index (Phi) is 2.97. The van der Waals surface area contributed by atoms with Gasteiger partial charge in [-0.2, -0.15) is 0 Å². The lowest BCUT2D eigenvalue weighted by Crippen LogP contribution is -2.05. The van der Waals surface area contributed by atoms with E-state index >= 15 is 0 Å². The molecule has 0 aliphatic carbocycles. The van der Waals surface area contributed by atoms with E-state index in [9.17, 15) is 9.90 Å². The summed E-state index contributed by atoms with van der Waals surface area (Å²) in [7, 11) is 1.29. The number of ether oxygens (including phenoxy) is 1. The molecular weight excluding hydrogens is 170 g/mol. The molecule has 0 saturated heterocycles. The monoisotopic (exact) mass is 181 g/mol. The number of nitrogens with zero attached hydrogens (tertiary/aromatic N) is 1. The fourth-order valence-electron chi connectivity index (χ4n) is 0.923. The van der Waals surface area contributed by atoms with Crippen LogP contribution in [0.5, 0.6) is 0 Å². The van der Waals surface area contributed by atoms with Crippen LogP contribution < -0.4 is 0 Å². The van der Waals surface area contributed by atoms with Crippen LogP contribution in [0.15, 0.2) is 18.3 Å². The van der Waals surface area contributed by atoms with E-state index in [1.54, 1.807) is 13.0 Å². The second-order valence-corrected chi connectivity index (χ2v) is 2.64. The first-order chi connectivity index (χ1) is 6.15. The predicted octanol–water partition coefficient (Wildman–Crippen LogP) is 0.921. The topological polar surface area (TPSA) is 59.4 Å². The van der Waals surface area contributed by atoms with E-state index in [-0.39, 0.29) is 5.69 Å². The Balaban J connectivity index is 2.98.